The van der Waals surface area contributed by atoms with Gasteiger partial charge in [-0.15, -0.1) is 0 Å². The number of rotatable bonds is 5. The molecule has 3 rings (SSSR count). The second kappa shape index (κ2) is 7.64. The van der Waals surface area contributed by atoms with E-state index < -0.39 is 11.7 Å². The summed E-state index contributed by atoms with van der Waals surface area (Å²) in [7, 11) is 0. The number of ether oxygens (including phenoxy) is 1. The van der Waals surface area contributed by atoms with E-state index in [1.165, 1.54) is 19.1 Å². The molecule has 0 aliphatic heterocycles. The van der Waals surface area contributed by atoms with E-state index in [9.17, 15) is 18.0 Å². The van der Waals surface area contributed by atoms with Crippen LogP contribution in [-0.2, 0) is 17.4 Å². The lowest BCUT2D eigenvalue weighted by atomic mass is 10.1. The van der Waals surface area contributed by atoms with Crippen LogP contribution in [0.1, 0.15) is 18.1 Å². The molecule has 4 nitrogen and oxygen atoms in total. The number of carbonyl (C=O) groups excluding carboxylic acids is 1. The summed E-state index contributed by atoms with van der Waals surface area (Å²) in [6.07, 6.45) is -2.17. The normalized spacial score (nSPS) is 11.6. The van der Waals surface area contributed by atoms with Crippen molar-refractivity contribution in [3.63, 3.8) is 0 Å². The SMILES string of the molecule is CC(=O)Nc1c[nH]c2ccc(OCCc3ccc(C(F)(F)F)cc3)c(Br)c12. The van der Waals surface area contributed by atoms with E-state index in [4.69, 9.17) is 4.74 Å². The van der Waals surface area contributed by atoms with Gasteiger partial charge in [0.25, 0.3) is 0 Å². The number of halogens is 4. The van der Waals surface area contributed by atoms with Gasteiger partial charge in [-0.05, 0) is 45.8 Å². The van der Waals surface area contributed by atoms with Crippen molar-refractivity contribution < 1.29 is 22.7 Å². The van der Waals surface area contributed by atoms with Gasteiger partial charge in [0, 0.05) is 30.4 Å². The lowest BCUT2D eigenvalue weighted by Gasteiger charge is -2.11. The van der Waals surface area contributed by atoms with E-state index in [1.807, 2.05) is 6.07 Å². The second-order valence-electron chi connectivity index (χ2n) is 5.98. The summed E-state index contributed by atoms with van der Waals surface area (Å²) in [6, 6.07) is 8.65. The summed E-state index contributed by atoms with van der Waals surface area (Å²) in [4.78, 5) is 14.4. The first-order valence-corrected chi connectivity index (χ1v) is 8.91. The van der Waals surface area contributed by atoms with Crippen LogP contribution in [0.5, 0.6) is 5.75 Å². The first kappa shape index (κ1) is 19.3. The summed E-state index contributed by atoms with van der Waals surface area (Å²) >= 11 is 3.50. The maximum Gasteiger partial charge on any atom is 0.416 e. The monoisotopic (exact) mass is 440 g/mol. The van der Waals surface area contributed by atoms with Gasteiger partial charge in [-0.1, -0.05) is 12.1 Å². The number of H-pyrrole nitrogens is 1. The molecule has 0 aliphatic carbocycles. The lowest BCUT2D eigenvalue weighted by molar-refractivity contribution is -0.137. The van der Waals surface area contributed by atoms with Crippen molar-refractivity contribution in [2.24, 2.45) is 0 Å². The molecule has 1 amide bonds. The molecule has 0 fully saturated rings. The average Bonchev–Trinajstić information content (AvgIpc) is 2.99. The number of carbonyl (C=O) groups is 1. The molecule has 3 aromatic rings. The van der Waals surface area contributed by atoms with Gasteiger partial charge in [0.15, 0.2) is 0 Å². The first-order valence-electron chi connectivity index (χ1n) is 8.12. The van der Waals surface area contributed by atoms with Gasteiger partial charge in [-0.2, -0.15) is 13.2 Å². The van der Waals surface area contributed by atoms with Crippen LogP contribution in [0.4, 0.5) is 18.9 Å². The van der Waals surface area contributed by atoms with Crippen LogP contribution in [-0.4, -0.2) is 17.5 Å². The Morgan fingerprint density at radius 1 is 1.19 bits per heavy atom. The van der Waals surface area contributed by atoms with Gasteiger partial charge in [0.2, 0.25) is 5.91 Å². The largest absolute Gasteiger partial charge is 0.492 e. The van der Waals surface area contributed by atoms with Crippen molar-refractivity contribution in [3.05, 3.63) is 58.2 Å². The number of aromatic nitrogens is 1. The van der Waals surface area contributed by atoms with Crippen LogP contribution in [0, 0.1) is 0 Å². The third-order valence-corrected chi connectivity index (χ3v) is 4.78. The molecule has 1 aromatic heterocycles. The standard InChI is InChI=1S/C19H16BrF3N2O2/c1-11(26)25-15-10-24-14-6-7-16(18(20)17(14)15)27-9-8-12-2-4-13(5-3-12)19(21,22)23/h2-7,10,24H,8-9H2,1H3,(H,25,26). The van der Waals surface area contributed by atoms with Crippen LogP contribution in [0.25, 0.3) is 10.9 Å². The highest BCUT2D eigenvalue weighted by Crippen LogP contribution is 2.37. The van der Waals surface area contributed by atoms with Crippen LogP contribution in [0.3, 0.4) is 0 Å². The molecule has 0 radical (unpaired) electrons. The molecule has 0 saturated heterocycles. The molecule has 0 aliphatic rings. The predicted octanol–water partition coefficient (Wildman–Crippen LogP) is 5.53. The molecule has 142 valence electrons. The fourth-order valence-corrected chi connectivity index (χ4v) is 3.38. The number of hydrogen-bond donors (Lipinski definition) is 2. The smallest absolute Gasteiger partial charge is 0.416 e. The quantitative estimate of drug-likeness (QED) is 0.547. The molecule has 0 atom stereocenters. The number of anilines is 1. The minimum atomic E-state index is -4.34. The highest BCUT2D eigenvalue weighted by atomic mass is 79.9. The van der Waals surface area contributed by atoms with E-state index in [2.05, 4.69) is 26.2 Å². The fraction of sp³-hybridized carbons (Fsp3) is 0.211. The zero-order chi connectivity index (χ0) is 19.6. The van der Waals surface area contributed by atoms with E-state index in [1.54, 1.807) is 12.3 Å². The fourth-order valence-electron chi connectivity index (χ4n) is 2.70. The van der Waals surface area contributed by atoms with Crippen molar-refractivity contribution in [3.8, 4) is 5.75 Å². The Bertz CT molecular complexity index is 965. The van der Waals surface area contributed by atoms with E-state index >= 15 is 0 Å². The molecule has 8 heteroatoms. The minimum absolute atomic E-state index is 0.184. The van der Waals surface area contributed by atoms with Crippen LogP contribution in [0.15, 0.2) is 47.1 Å². The molecular formula is C19H16BrF3N2O2. The van der Waals surface area contributed by atoms with Crippen LogP contribution >= 0.6 is 15.9 Å². The maximum absolute atomic E-state index is 12.6. The Hall–Kier alpha value is -2.48. The molecular weight excluding hydrogens is 425 g/mol. The van der Waals surface area contributed by atoms with E-state index in [0.717, 1.165) is 28.6 Å². The Morgan fingerprint density at radius 2 is 1.89 bits per heavy atom. The van der Waals surface area contributed by atoms with Crippen LogP contribution in [0.2, 0.25) is 0 Å². The second-order valence-corrected chi connectivity index (χ2v) is 6.77. The number of alkyl halides is 3. The summed E-state index contributed by atoms with van der Waals surface area (Å²) in [5.41, 5.74) is 1.55. The molecule has 0 bridgehead atoms. The number of hydrogen-bond acceptors (Lipinski definition) is 2. The van der Waals surface area contributed by atoms with Crippen molar-refractivity contribution in [1.29, 1.82) is 0 Å². The summed E-state index contributed by atoms with van der Waals surface area (Å²) in [5.74, 6) is 0.400. The van der Waals surface area contributed by atoms with Gasteiger partial charge >= 0.3 is 6.18 Å². The van der Waals surface area contributed by atoms with Crippen LogP contribution < -0.4 is 10.1 Å². The number of amides is 1. The number of nitrogens with one attached hydrogen (secondary N) is 2. The molecule has 0 saturated carbocycles. The third-order valence-electron chi connectivity index (χ3n) is 3.99. The van der Waals surface area contributed by atoms with Gasteiger partial charge in [-0.3, -0.25) is 4.79 Å². The topological polar surface area (TPSA) is 54.1 Å². The maximum atomic E-state index is 12.6. The molecule has 0 spiro atoms. The Kier molecular flexibility index (Phi) is 5.46. The molecule has 2 N–H and O–H groups in total. The number of fused-ring (bicyclic) bond motifs is 1. The highest BCUT2D eigenvalue weighted by Gasteiger charge is 2.29. The average molecular weight is 441 g/mol. The van der Waals surface area contributed by atoms with Gasteiger partial charge in [-0.25, -0.2) is 0 Å². The predicted molar refractivity (Wildman–Crippen MR) is 101 cm³/mol. The Balaban J connectivity index is 1.70. The molecule has 0 unspecified atom stereocenters. The first-order chi connectivity index (χ1) is 12.8. The number of benzene rings is 2. The Labute approximate surface area is 161 Å². The third kappa shape index (κ3) is 4.44. The van der Waals surface area contributed by atoms with E-state index in [-0.39, 0.29) is 5.91 Å². The van der Waals surface area contributed by atoms with Gasteiger partial charge < -0.3 is 15.0 Å². The minimum Gasteiger partial charge on any atom is -0.492 e. The Morgan fingerprint density at radius 3 is 2.52 bits per heavy atom. The van der Waals surface area contributed by atoms with E-state index in [0.29, 0.717) is 28.9 Å². The van der Waals surface area contributed by atoms with Gasteiger partial charge in [0.05, 0.1) is 22.3 Å². The lowest BCUT2D eigenvalue weighted by Crippen LogP contribution is -2.06. The zero-order valence-electron chi connectivity index (χ0n) is 14.3. The number of aromatic amines is 1. The molecule has 2 aromatic carbocycles. The molecule has 27 heavy (non-hydrogen) atoms. The highest BCUT2D eigenvalue weighted by molar-refractivity contribution is 9.10. The summed E-state index contributed by atoms with van der Waals surface area (Å²) < 4.78 is 44.2. The molecule has 1 heterocycles. The van der Waals surface area contributed by atoms with Crippen molar-refractivity contribution in [1.82, 2.24) is 4.98 Å². The summed E-state index contributed by atoms with van der Waals surface area (Å²) in [6.45, 7) is 1.73. The van der Waals surface area contributed by atoms with Crippen molar-refractivity contribution in [2.75, 3.05) is 11.9 Å². The van der Waals surface area contributed by atoms with Gasteiger partial charge in [0.1, 0.15) is 5.75 Å². The van der Waals surface area contributed by atoms with Crippen molar-refractivity contribution >= 4 is 38.4 Å². The zero-order valence-corrected chi connectivity index (χ0v) is 15.9. The summed E-state index contributed by atoms with van der Waals surface area (Å²) in [5, 5.41) is 3.54. The van der Waals surface area contributed by atoms with Crippen molar-refractivity contribution in [2.45, 2.75) is 19.5 Å².